The van der Waals surface area contributed by atoms with E-state index in [1.54, 1.807) is 11.8 Å². The van der Waals surface area contributed by atoms with Crippen LogP contribution in [0.1, 0.15) is 39.7 Å². The van der Waals surface area contributed by atoms with Gasteiger partial charge in [0.2, 0.25) is 5.91 Å². The summed E-state index contributed by atoms with van der Waals surface area (Å²) in [7, 11) is 0. The van der Waals surface area contributed by atoms with Gasteiger partial charge in [0, 0.05) is 17.5 Å². The number of rotatable bonds is 8. The highest BCUT2D eigenvalue weighted by molar-refractivity contribution is 8.00. The third kappa shape index (κ3) is 5.97. The molecule has 0 saturated heterocycles. The average molecular weight is 294 g/mol. The van der Waals surface area contributed by atoms with Gasteiger partial charge in [0.25, 0.3) is 0 Å². The quantitative estimate of drug-likeness (QED) is 0.724. The smallest absolute Gasteiger partial charge is 0.233 e. The highest BCUT2D eigenvalue weighted by atomic mass is 32.2. The second-order valence-electron chi connectivity index (χ2n) is 5.00. The Morgan fingerprint density at radius 3 is 2.40 bits per heavy atom. The van der Waals surface area contributed by atoms with Crippen LogP contribution in [-0.4, -0.2) is 23.7 Å². The van der Waals surface area contributed by atoms with E-state index in [1.807, 2.05) is 13.8 Å². The molecule has 2 unspecified atom stereocenters. The number of thioether (sulfide) groups is 1. The standard InChI is InChI=1S/C16H26N2OS/c1-5-12(3)18-16(19)13(4)20-15-9-7-14(8-10-15)11-17-6-2/h7-10,12-13,17H,5-6,11H2,1-4H3,(H,18,19). The number of benzene rings is 1. The van der Waals surface area contributed by atoms with Gasteiger partial charge in [-0.05, 0) is 44.5 Å². The Balaban J connectivity index is 2.49. The summed E-state index contributed by atoms with van der Waals surface area (Å²) in [4.78, 5) is 13.1. The summed E-state index contributed by atoms with van der Waals surface area (Å²) in [6.07, 6.45) is 0.961. The highest BCUT2D eigenvalue weighted by Crippen LogP contribution is 2.23. The van der Waals surface area contributed by atoms with Gasteiger partial charge in [-0.3, -0.25) is 4.79 Å². The monoisotopic (exact) mass is 294 g/mol. The lowest BCUT2D eigenvalue weighted by Gasteiger charge is -2.16. The summed E-state index contributed by atoms with van der Waals surface area (Å²) in [5.74, 6) is 0.112. The van der Waals surface area contributed by atoms with Crippen LogP contribution in [0, 0.1) is 0 Å². The second-order valence-corrected chi connectivity index (χ2v) is 6.42. The summed E-state index contributed by atoms with van der Waals surface area (Å²) >= 11 is 1.60. The van der Waals surface area contributed by atoms with Crippen molar-refractivity contribution in [3.63, 3.8) is 0 Å². The van der Waals surface area contributed by atoms with E-state index in [0.717, 1.165) is 24.4 Å². The molecule has 1 amide bonds. The summed E-state index contributed by atoms with van der Waals surface area (Å²) in [6, 6.07) is 8.65. The zero-order valence-electron chi connectivity index (χ0n) is 12.9. The van der Waals surface area contributed by atoms with Gasteiger partial charge in [-0.15, -0.1) is 11.8 Å². The summed E-state index contributed by atoms with van der Waals surface area (Å²) in [5, 5.41) is 6.25. The minimum absolute atomic E-state index is 0.0661. The maximum atomic E-state index is 12.0. The maximum absolute atomic E-state index is 12.0. The van der Waals surface area contributed by atoms with Gasteiger partial charge in [-0.2, -0.15) is 0 Å². The largest absolute Gasteiger partial charge is 0.353 e. The van der Waals surface area contributed by atoms with Crippen LogP contribution in [0.15, 0.2) is 29.2 Å². The first kappa shape index (κ1) is 17.1. The predicted octanol–water partition coefficient (Wildman–Crippen LogP) is 3.19. The first-order valence-electron chi connectivity index (χ1n) is 7.33. The molecule has 0 fully saturated rings. The maximum Gasteiger partial charge on any atom is 0.233 e. The lowest BCUT2D eigenvalue weighted by atomic mass is 10.2. The molecule has 1 aromatic carbocycles. The molecule has 3 nitrogen and oxygen atoms in total. The molecule has 0 spiro atoms. The SMILES string of the molecule is CCNCc1ccc(SC(C)C(=O)NC(C)CC)cc1. The van der Waals surface area contributed by atoms with Gasteiger partial charge >= 0.3 is 0 Å². The van der Waals surface area contributed by atoms with E-state index in [0.29, 0.717) is 0 Å². The van der Waals surface area contributed by atoms with E-state index in [4.69, 9.17) is 0 Å². The van der Waals surface area contributed by atoms with E-state index < -0.39 is 0 Å². The van der Waals surface area contributed by atoms with E-state index >= 15 is 0 Å². The van der Waals surface area contributed by atoms with Crippen LogP contribution in [0.4, 0.5) is 0 Å². The third-order valence-electron chi connectivity index (χ3n) is 3.19. The first-order valence-corrected chi connectivity index (χ1v) is 8.21. The van der Waals surface area contributed by atoms with E-state index in [-0.39, 0.29) is 17.2 Å². The molecule has 112 valence electrons. The zero-order chi connectivity index (χ0) is 15.0. The molecule has 0 aromatic heterocycles. The summed E-state index contributed by atoms with van der Waals surface area (Å²) in [6.45, 7) is 10.0. The molecule has 0 aliphatic rings. The van der Waals surface area contributed by atoms with Gasteiger partial charge in [-0.25, -0.2) is 0 Å². The van der Waals surface area contributed by atoms with E-state index in [9.17, 15) is 4.79 Å². The fourth-order valence-electron chi connectivity index (χ4n) is 1.68. The Bertz CT molecular complexity index is 405. The van der Waals surface area contributed by atoms with Crippen LogP contribution >= 0.6 is 11.8 Å². The van der Waals surface area contributed by atoms with Crippen molar-refractivity contribution in [2.75, 3.05) is 6.54 Å². The number of amides is 1. The molecule has 1 aromatic rings. The van der Waals surface area contributed by atoms with Crippen molar-refractivity contribution in [3.8, 4) is 0 Å². The molecular weight excluding hydrogens is 268 g/mol. The lowest BCUT2D eigenvalue weighted by molar-refractivity contribution is -0.120. The Hall–Kier alpha value is -1.00. The zero-order valence-corrected chi connectivity index (χ0v) is 13.7. The van der Waals surface area contributed by atoms with E-state index in [1.165, 1.54) is 5.56 Å². The van der Waals surface area contributed by atoms with Crippen LogP contribution in [-0.2, 0) is 11.3 Å². The number of hydrogen-bond acceptors (Lipinski definition) is 3. The van der Waals surface area contributed by atoms with Crippen LogP contribution in [0.2, 0.25) is 0 Å². The Morgan fingerprint density at radius 1 is 1.20 bits per heavy atom. The number of nitrogens with one attached hydrogen (secondary N) is 2. The van der Waals surface area contributed by atoms with E-state index in [2.05, 4.69) is 48.7 Å². The second kappa shape index (κ2) is 9.03. The minimum atomic E-state index is -0.0661. The van der Waals surface area contributed by atoms with Crippen molar-refractivity contribution in [2.24, 2.45) is 0 Å². The molecule has 0 radical (unpaired) electrons. The van der Waals surface area contributed by atoms with Crippen molar-refractivity contribution in [1.29, 1.82) is 0 Å². The van der Waals surface area contributed by atoms with Crippen molar-refractivity contribution in [2.45, 2.75) is 56.8 Å². The Kier molecular flexibility index (Phi) is 7.70. The minimum Gasteiger partial charge on any atom is -0.353 e. The number of hydrogen-bond donors (Lipinski definition) is 2. The molecule has 20 heavy (non-hydrogen) atoms. The first-order chi connectivity index (χ1) is 9.56. The van der Waals surface area contributed by atoms with Gasteiger partial charge in [0.1, 0.15) is 0 Å². The molecule has 0 aliphatic carbocycles. The fraction of sp³-hybridized carbons (Fsp3) is 0.562. The molecule has 1 rings (SSSR count). The molecule has 0 heterocycles. The van der Waals surface area contributed by atoms with Crippen LogP contribution < -0.4 is 10.6 Å². The normalized spacial score (nSPS) is 13.8. The topological polar surface area (TPSA) is 41.1 Å². The predicted molar refractivity (Wildman–Crippen MR) is 87.0 cm³/mol. The van der Waals surface area contributed by atoms with Crippen LogP contribution in [0.5, 0.6) is 0 Å². The molecule has 2 N–H and O–H groups in total. The molecule has 0 aliphatic heterocycles. The molecule has 2 atom stereocenters. The van der Waals surface area contributed by atoms with Gasteiger partial charge in [-0.1, -0.05) is 26.0 Å². The van der Waals surface area contributed by atoms with Crippen molar-refractivity contribution in [1.82, 2.24) is 10.6 Å². The van der Waals surface area contributed by atoms with Crippen LogP contribution in [0.25, 0.3) is 0 Å². The number of carbonyl (C=O) groups excluding carboxylic acids is 1. The van der Waals surface area contributed by atoms with Crippen molar-refractivity contribution in [3.05, 3.63) is 29.8 Å². The summed E-state index contributed by atoms with van der Waals surface area (Å²) in [5.41, 5.74) is 1.27. The summed E-state index contributed by atoms with van der Waals surface area (Å²) < 4.78 is 0. The van der Waals surface area contributed by atoms with Crippen LogP contribution in [0.3, 0.4) is 0 Å². The van der Waals surface area contributed by atoms with Gasteiger partial charge in [0.15, 0.2) is 0 Å². The van der Waals surface area contributed by atoms with Gasteiger partial charge in [0.05, 0.1) is 5.25 Å². The lowest BCUT2D eigenvalue weighted by Crippen LogP contribution is -2.37. The molecular formula is C16H26N2OS. The third-order valence-corrected chi connectivity index (χ3v) is 4.30. The fourth-order valence-corrected chi connectivity index (χ4v) is 2.55. The van der Waals surface area contributed by atoms with Gasteiger partial charge < -0.3 is 10.6 Å². The molecule has 0 bridgehead atoms. The Labute approximate surface area is 126 Å². The van der Waals surface area contributed by atoms with Crippen molar-refractivity contribution < 1.29 is 4.79 Å². The molecule has 0 saturated carbocycles. The Morgan fingerprint density at radius 2 is 1.85 bits per heavy atom. The highest BCUT2D eigenvalue weighted by Gasteiger charge is 2.15. The van der Waals surface area contributed by atoms with Crippen molar-refractivity contribution >= 4 is 17.7 Å². The average Bonchev–Trinajstić information content (AvgIpc) is 2.46. The molecule has 4 heteroatoms. The number of carbonyl (C=O) groups is 1.